The van der Waals surface area contributed by atoms with Gasteiger partial charge in [0.2, 0.25) is 0 Å². The largest absolute Gasteiger partial charge is 0.346 e. The fourth-order valence-electron chi connectivity index (χ4n) is 3.48. The molecule has 2 heteroatoms. The van der Waals surface area contributed by atoms with Crippen LogP contribution in [0.2, 0.25) is 0 Å². The second-order valence-electron chi connectivity index (χ2n) is 5.49. The third-order valence-electron chi connectivity index (χ3n) is 4.39. The molecule has 2 aromatic carbocycles. The highest BCUT2D eigenvalue weighted by atomic mass is 15.0. The Labute approximate surface area is 119 Å². The molecule has 0 unspecified atom stereocenters. The van der Waals surface area contributed by atoms with E-state index in [1.54, 1.807) is 0 Å². The molecule has 0 saturated heterocycles. The number of hydrogen-bond acceptors (Lipinski definition) is 1. The van der Waals surface area contributed by atoms with Crippen LogP contribution in [0.15, 0.2) is 54.6 Å². The van der Waals surface area contributed by atoms with Gasteiger partial charge in [-0.05, 0) is 23.6 Å². The van der Waals surface area contributed by atoms with Crippen LogP contribution in [-0.2, 0) is 13.5 Å². The molecular weight excluding hydrogens is 244 g/mol. The molecule has 20 heavy (non-hydrogen) atoms. The molecule has 2 nitrogen and oxygen atoms in total. The number of hydrogen-bond donors (Lipinski definition) is 1. The van der Waals surface area contributed by atoms with Gasteiger partial charge in [-0.3, -0.25) is 0 Å². The van der Waals surface area contributed by atoms with Crippen molar-refractivity contribution in [1.82, 2.24) is 9.88 Å². The normalized spacial score (nSPS) is 18.1. The topological polar surface area (TPSA) is 17.0 Å². The van der Waals surface area contributed by atoms with Gasteiger partial charge in [0.1, 0.15) is 0 Å². The highest BCUT2D eigenvalue weighted by molar-refractivity contribution is 5.86. The van der Waals surface area contributed by atoms with E-state index in [9.17, 15) is 0 Å². The molecule has 2 heterocycles. The Morgan fingerprint density at radius 2 is 1.75 bits per heavy atom. The molecule has 0 bridgehead atoms. The van der Waals surface area contributed by atoms with Crippen LogP contribution >= 0.6 is 0 Å². The minimum absolute atomic E-state index is 0.303. The number of nitrogens with zero attached hydrogens (tertiary/aromatic N) is 1. The third kappa shape index (κ3) is 1.61. The second kappa shape index (κ2) is 4.50. The molecule has 4 rings (SSSR count). The highest BCUT2D eigenvalue weighted by Crippen LogP contribution is 2.35. The minimum Gasteiger partial charge on any atom is -0.346 e. The number of rotatable bonds is 1. The van der Waals surface area contributed by atoms with Gasteiger partial charge < -0.3 is 9.88 Å². The zero-order valence-electron chi connectivity index (χ0n) is 11.6. The van der Waals surface area contributed by atoms with Crippen molar-refractivity contribution in [2.75, 3.05) is 6.54 Å². The summed E-state index contributed by atoms with van der Waals surface area (Å²) in [5.74, 6) is 0. The lowest BCUT2D eigenvalue weighted by atomic mass is 9.94. The third-order valence-corrected chi connectivity index (χ3v) is 4.39. The highest BCUT2D eigenvalue weighted by Gasteiger charge is 2.26. The van der Waals surface area contributed by atoms with Crippen molar-refractivity contribution in [2.45, 2.75) is 12.5 Å². The molecular formula is C18H18N2. The molecule has 0 aliphatic carbocycles. The number of nitrogens with one attached hydrogen (secondary N) is 1. The molecule has 100 valence electrons. The Bertz CT molecular complexity index is 756. The van der Waals surface area contributed by atoms with Gasteiger partial charge in [0, 0.05) is 30.2 Å². The summed E-state index contributed by atoms with van der Waals surface area (Å²) >= 11 is 0. The molecule has 1 N–H and O–H groups in total. The van der Waals surface area contributed by atoms with Crippen molar-refractivity contribution in [3.8, 4) is 0 Å². The van der Waals surface area contributed by atoms with Crippen molar-refractivity contribution in [3.05, 3.63) is 71.4 Å². The molecule has 0 amide bonds. The molecule has 1 aliphatic rings. The summed E-state index contributed by atoms with van der Waals surface area (Å²) < 4.78 is 2.36. The maximum atomic E-state index is 3.67. The van der Waals surface area contributed by atoms with Crippen molar-refractivity contribution in [2.24, 2.45) is 7.05 Å². The van der Waals surface area contributed by atoms with Crippen LogP contribution in [0.25, 0.3) is 10.9 Å². The van der Waals surface area contributed by atoms with Gasteiger partial charge in [0.15, 0.2) is 0 Å². The fraction of sp³-hybridized carbons (Fsp3) is 0.222. The number of benzene rings is 2. The van der Waals surface area contributed by atoms with E-state index >= 15 is 0 Å². The van der Waals surface area contributed by atoms with Crippen molar-refractivity contribution in [3.63, 3.8) is 0 Å². The summed E-state index contributed by atoms with van der Waals surface area (Å²) in [6, 6.07) is 19.8. The van der Waals surface area contributed by atoms with Gasteiger partial charge in [-0.15, -0.1) is 0 Å². The maximum Gasteiger partial charge on any atom is 0.0734 e. The smallest absolute Gasteiger partial charge is 0.0734 e. The number of aryl methyl sites for hydroxylation is 1. The first-order valence-corrected chi connectivity index (χ1v) is 7.21. The number of para-hydroxylation sites is 1. The summed E-state index contributed by atoms with van der Waals surface area (Å²) in [5.41, 5.74) is 5.61. The Kier molecular flexibility index (Phi) is 2.64. The Hall–Kier alpha value is -2.06. The average Bonchev–Trinajstić information content (AvgIpc) is 2.82. The lowest BCUT2D eigenvalue weighted by Crippen LogP contribution is -2.31. The Balaban J connectivity index is 1.97. The van der Waals surface area contributed by atoms with Crippen LogP contribution in [0, 0.1) is 0 Å². The Morgan fingerprint density at radius 1 is 1.00 bits per heavy atom. The SMILES string of the molecule is Cn1c2c(c3ccccc31)CCN[C@H]2c1ccccc1. The van der Waals surface area contributed by atoms with Crippen LogP contribution in [0.1, 0.15) is 22.9 Å². The van der Waals surface area contributed by atoms with Gasteiger partial charge >= 0.3 is 0 Å². The van der Waals surface area contributed by atoms with Crippen LogP contribution in [0.5, 0.6) is 0 Å². The number of fused-ring (bicyclic) bond motifs is 3. The van der Waals surface area contributed by atoms with E-state index in [0.717, 1.165) is 13.0 Å². The van der Waals surface area contributed by atoms with Gasteiger partial charge in [-0.2, -0.15) is 0 Å². The zero-order chi connectivity index (χ0) is 13.5. The predicted molar refractivity (Wildman–Crippen MR) is 82.9 cm³/mol. The molecule has 0 saturated carbocycles. The van der Waals surface area contributed by atoms with E-state index in [1.807, 2.05) is 0 Å². The van der Waals surface area contributed by atoms with E-state index < -0.39 is 0 Å². The first-order valence-electron chi connectivity index (χ1n) is 7.21. The molecule has 0 fully saturated rings. The van der Waals surface area contributed by atoms with E-state index in [2.05, 4.69) is 71.5 Å². The average molecular weight is 262 g/mol. The van der Waals surface area contributed by atoms with Crippen LogP contribution in [0.3, 0.4) is 0 Å². The first-order chi connectivity index (χ1) is 9.86. The summed E-state index contributed by atoms with van der Waals surface area (Å²) in [5, 5.41) is 5.08. The van der Waals surface area contributed by atoms with Crippen LogP contribution in [0.4, 0.5) is 0 Å². The van der Waals surface area contributed by atoms with Crippen LogP contribution < -0.4 is 5.32 Å². The summed E-state index contributed by atoms with van der Waals surface area (Å²) in [7, 11) is 2.18. The molecule has 3 aromatic rings. The monoisotopic (exact) mass is 262 g/mol. The number of aromatic nitrogens is 1. The quantitative estimate of drug-likeness (QED) is 0.711. The van der Waals surface area contributed by atoms with E-state index in [1.165, 1.54) is 27.7 Å². The van der Waals surface area contributed by atoms with Crippen molar-refractivity contribution < 1.29 is 0 Å². The van der Waals surface area contributed by atoms with Gasteiger partial charge in [0.05, 0.1) is 6.04 Å². The predicted octanol–water partition coefficient (Wildman–Crippen LogP) is 3.41. The summed E-state index contributed by atoms with van der Waals surface area (Å²) in [6.45, 7) is 1.04. The maximum absolute atomic E-state index is 3.67. The Morgan fingerprint density at radius 3 is 2.60 bits per heavy atom. The summed E-state index contributed by atoms with van der Waals surface area (Å²) in [4.78, 5) is 0. The lowest BCUT2D eigenvalue weighted by molar-refractivity contribution is 0.541. The van der Waals surface area contributed by atoms with Crippen molar-refractivity contribution in [1.29, 1.82) is 0 Å². The lowest BCUT2D eigenvalue weighted by Gasteiger charge is -2.26. The molecule has 1 aromatic heterocycles. The second-order valence-corrected chi connectivity index (χ2v) is 5.49. The molecule has 1 aliphatic heterocycles. The van der Waals surface area contributed by atoms with Gasteiger partial charge in [-0.25, -0.2) is 0 Å². The zero-order valence-corrected chi connectivity index (χ0v) is 11.6. The standard InChI is InChI=1S/C18H18N2/c1-20-16-10-6-5-9-14(16)15-11-12-19-17(18(15)20)13-7-3-2-4-8-13/h2-10,17,19H,11-12H2,1H3/t17-/m0/s1. The van der Waals surface area contributed by atoms with Crippen LogP contribution in [-0.4, -0.2) is 11.1 Å². The van der Waals surface area contributed by atoms with E-state index in [0.29, 0.717) is 6.04 Å². The van der Waals surface area contributed by atoms with E-state index in [4.69, 9.17) is 0 Å². The fourth-order valence-corrected chi connectivity index (χ4v) is 3.48. The summed E-state index contributed by atoms with van der Waals surface area (Å²) in [6.07, 6.45) is 1.11. The molecule has 1 atom stereocenters. The molecule has 0 radical (unpaired) electrons. The minimum atomic E-state index is 0.303. The first kappa shape index (κ1) is 11.7. The van der Waals surface area contributed by atoms with E-state index in [-0.39, 0.29) is 0 Å². The molecule has 0 spiro atoms. The van der Waals surface area contributed by atoms with Crippen molar-refractivity contribution >= 4 is 10.9 Å². The van der Waals surface area contributed by atoms with Gasteiger partial charge in [-0.1, -0.05) is 48.5 Å². The van der Waals surface area contributed by atoms with Gasteiger partial charge in [0.25, 0.3) is 0 Å².